The molecule has 0 aliphatic carbocycles. The number of hydrogen-bond acceptors (Lipinski definition) is 6. The highest BCUT2D eigenvalue weighted by atomic mass is 36.0. The lowest BCUT2D eigenvalue weighted by atomic mass is 10.2. The molecule has 22 heavy (non-hydrogen) atoms. The van der Waals surface area contributed by atoms with Crippen LogP contribution in [-0.4, -0.2) is 23.9 Å². The topological polar surface area (TPSA) is 77.5 Å². The van der Waals surface area contributed by atoms with E-state index >= 15 is 0 Å². The summed E-state index contributed by atoms with van der Waals surface area (Å²) >= 11 is 1.15. The van der Waals surface area contributed by atoms with Gasteiger partial charge in [-0.3, -0.25) is 0 Å². The molecule has 1 aromatic heterocycles. The van der Waals surface area contributed by atoms with Gasteiger partial charge in [0.2, 0.25) is 0 Å². The Kier molecular flexibility index (Phi) is 6.97. The van der Waals surface area contributed by atoms with Crippen LogP contribution < -0.4 is 4.74 Å². The van der Waals surface area contributed by atoms with Crippen LogP contribution in [0.4, 0.5) is 0 Å². The van der Waals surface area contributed by atoms with Gasteiger partial charge in [-0.2, -0.15) is 8.42 Å². The zero-order chi connectivity index (χ0) is 17.0. The van der Waals surface area contributed by atoms with E-state index in [1.807, 2.05) is 24.3 Å². The number of halogens is 3. The van der Waals surface area contributed by atoms with E-state index < -0.39 is 17.3 Å². The van der Waals surface area contributed by atoms with Crippen molar-refractivity contribution in [2.75, 3.05) is 7.11 Å². The molecule has 0 spiro atoms. The Labute approximate surface area is 145 Å². The number of hydrogen-bond donors (Lipinski definition) is 0. The van der Waals surface area contributed by atoms with Gasteiger partial charge in [-0.05, 0) is 42.0 Å². The molecule has 1 aromatic carbocycles. The van der Waals surface area contributed by atoms with E-state index in [0.29, 0.717) is 0 Å². The van der Waals surface area contributed by atoms with Crippen molar-refractivity contribution >= 4 is 60.7 Å². The average Bonchev–Trinajstić information content (AvgIpc) is 2.86. The summed E-state index contributed by atoms with van der Waals surface area (Å²) in [4.78, 5) is 0.854. The molecule has 0 aliphatic rings. The molecule has 0 radical (unpaired) electrons. The van der Waals surface area contributed by atoms with Crippen molar-refractivity contribution in [1.29, 1.82) is 0 Å². The maximum atomic E-state index is 11.1. The van der Waals surface area contributed by atoms with Gasteiger partial charge in [0.05, 0.1) is 7.11 Å². The molecule has 0 aliphatic heterocycles. The van der Waals surface area contributed by atoms with Gasteiger partial charge in [0.25, 0.3) is 9.05 Å². The third-order valence-corrected chi connectivity index (χ3v) is 5.42. The molecule has 1 heterocycles. The first-order valence-electron chi connectivity index (χ1n) is 5.34. The Hall–Kier alpha value is -0.510. The predicted molar refractivity (Wildman–Crippen MR) is 90.0 cm³/mol. The van der Waals surface area contributed by atoms with Gasteiger partial charge in [-0.15, -0.1) is 11.3 Å². The molecule has 0 fully saturated rings. The molecular formula is C11H9Cl3O5S3. The number of benzene rings is 1. The molecule has 5 nitrogen and oxygen atoms in total. The first-order chi connectivity index (χ1) is 10.0. The standard InChI is InChI=1S/C11H9ClO3S2.Cl2O2S/c1-15-9-4-2-8(3-5-9)10-6-7-11(16-10)17(12,13)14;1-5(2,3)4/h2-7H,1H3;. The van der Waals surface area contributed by atoms with E-state index in [0.717, 1.165) is 27.5 Å². The summed E-state index contributed by atoms with van der Waals surface area (Å²) < 4.78 is 45.8. The minimum Gasteiger partial charge on any atom is -0.497 e. The molecule has 0 saturated heterocycles. The summed E-state index contributed by atoms with van der Waals surface area (Å²) in [6.45, 7) is 0. The van der Waals surface area contributed by atoms with Gasteiger partial charge in [0, 0.05) is 36.9 Å². The van der Waals surface area contributed by atoms with Crippen LogP contribution in [0, 0.1) is 0 Å². The Balaban J connectivity index is 0.000000422. The van der Waals surface area contributed by atoms with E-state index in [1.54, 1.807) is 13.2 Å². The summed E-state index contributed by atoms with van der Waals surface area (Å²) in [5.74, 6) is 0.760. The van der Waals surface area contributed by atoms with Crippen molar-refractivity contribution in [1.82, 2.24) is 0 Å². The van der Waals surface area contributed by atoms with Crippen LogP contribution in [0.15, 0.2) is 40.6 Å². The zero-order valence-electron chi connectivity index (χ0n) is 10.9. The average molecular weight is 424 g/mol. The molecule has 2 aromatic rings. The van der Waals surface area contributed by atoms with E-state index in [9.17, 15) is 8.42 Å². The molecule has 11 heteroatoms. The van der Waals surface area contributed by atoms with E-state index in [4.69, 9.17) is 23.8 Å². The maximum absolute atomic E-state index is 11.1. The molecule has 0 atom stereocenters. The molecule has 0 bridgehead atoms. The summed E-state index contributed by atoms with van der Waals surface area (Å²) in [5, 5.41) is 0. The first-order valence-corrected chi connectivity index (χ1v) is 11.6. The molecule has 122 valence electrons. The molecular weight excluding hydrogens is 415 g/mol. The van der Waals surface area contributed by atoms with E-state index in [1.165, 1.54) is 6.07 Å². The van der Waals surface area contributed by atoms with Gasteiger partial charge in [0.15, 0.2) is 0 Å². The fourth-order valence-electron chi connectivity index (χ4n) is 1.36. The summed E-state index contributed by atoms with van der Waals surface area (Å²) in [5.41, 5.74) is 0.933. The fraction of sp³-hybridized carbons (Fsp3) is 0.0909. The largest absolute Gasteiger partial charge is 0.497 e. The highest BCUT2D eigenvalue weighted by Crippen LogP contribution is 2.32. The van der Waals surface area contributed by atoms with Crippen LogP contribution in [0.25, 0.3) is 10.4 Å². The fourth-order valence-corrected chi connectivity index (χ4v) is 3.44. The van der Waals surface area contributed by atoms with Crippen LogP contribution in [0.2, 0.25) is 0 Å². The van der Waals surface area contributed by atoms with Crippen molar-refractivity contribution in [3.8, 4) is 16.2 Å². The highest BCUT2D eigenvalue weighted by Gasteiger charge is 2.13. The molecule has 0 saturated carbocycles. The summed E-state index contributed by atoms with van der Waals surface area (Å²) in [6.07, 6.45) is 0. The zero-order valence-corrected chi connectivity index (χ0v) is 15.6. The smallest absolute Gasteiger partial charge is 0.317 e. The Morgan fingerprint density at radius 1 is 0.909 bits per heavy atom. The lowest BCUT2D eigenvalue weighted by molar-refractivity contribution is 0.415. The van der Waals surface area contributed by atoms with Crippen molar-refractivity contribution in [3.63, 3.8) is 0 Å². The third-order valence-electron chi connectivity index (χ3n) is 2.20. The second kappa shape index (κ2) is 7.85. The molecule has 0 N–H and O–H groups in total. The summed E-state index contributed by atoms with van der Waals surface area (Å²) in [6, 6.07) is 10.6. The minimum atomic E-state index is -3.72. The van der Waals surface area contributed by atoms with E-state index in [2.05, 4.69) is 21.4 Å². The number of thiophene rings is 1. The van der Waals surface area contributed by atoms with Crippen LogP contribution in [0.5, 0.6) is 5.75 Å². The first kappa shape index (κ1) is 19.5. The quantitative estimate of drug-likeness (QED) is 0.696. The Morgan fingerprint density at radius 3 is 1.77 bits per heavy atom. The molecule has 0 amide bonds. The summed E-state index contributed by atoms with van der Waals surface area (Å²) in [7, 11) is 8.04. The predicted octanol–water partition coefficient (Wildman–Crippen LogP) is 4.06. The molecule has 0 unspecified atom stereocenters. The van der Waals surface area contributed by atoms with Gasteiger partial charge in [-0.25, -0.2) is 8.42 Å². The number of methoxy groups -OCH3 is 1. The van der Waals surface area contributed by atoms with Crippen molar-refractivity contribution < 1.29 is 21.6 Å². The van der Waals surface area contributed by atoms with Gasteiger partial charge in [0.1, 0.15) is 9.96 Å². The van der Waals surface area contributed by atoms with Gasteiger partial charge >= 0.3 is 8.26 Å². The maximum Gasteiger partial charge on any atom is 0.317 e. The Bertz CT molecular complexity index is 818. The van der Waals surface area contributed by atoms with Crippen LogP contribution >= 0.6 is 43.4 Å². The van der Waals surface area contributed by atoms with Crippen LogP contribution in [0.1, 0.15) is 0 Å². The lowest BCUT2D eigenvalue weighted by Gasteiger charge is -2.00. The number of rotatable bonds is 3. The lowest BCUT2D eigenvalue weighted by Crippen LogP contribution is -1.83. The van der Waals surface area contributed by atoms with Crippen molar-refractivity contribution in [3.05, 3.63) is 36.4 Å². The normalized spacial score (nSPS) is 11.5. The third kappa shape index (κ3) is 7.17. The van der Waals surface area contributed by atoms with Crippen molar-refractivity contribution in [2.45, 2.75) is 4.21 Å². The second-order valence-corrected chi connectivity index (χ2v) is 11.2. The van der Waals surface area contributed by atoms with Crippen molar-refractivity contribution in [2.24, 2.45) is 0 Å². The van der Waals surface area contributed by atoms with Gasteiger partial charge < -0.3 is 4.74 Å². The number of ether oxygens (including phenoxy) is 1. The van der Waals surface area contributed by atoms with E-state index in [-0.39, 0.29) is 4.21 Å². The Morgan fingerprint density at radius 2 is 1.41 bits per heavy atom. The van der Waals surface area contributed by atoms with Gasteiger partial charge in [-0.1, -0.05) is 0 Å². The van der Waals surface area contributed by atoms with Crippen LogP contribution in [0.3, 0.4) is 0 Å². The minimum absolute atomic E-state index is 0.157. The molecule has 2 rings (SSSR count). The highest BCUT2D eigenvalue weighted by molar-refractivity contribution is 8.31. The monoisotopic (exact) mass is 422 g/mol. The SMILES string of the molecule is COc1ccc(-c2ccc(S(=O)(=O)Cl)s2)cc1.O=S(=O)(Cl)Cl. The second-order valence-electron chi connectivity index (χ2n) is 3.66. The van der Waals surface area contributed by atoms with Crippen LogP contribution in [-0.2, 0) is 17.3 Å².